The van der Waals surface area contributed by atoms with E-state index in [2.05, 4.69) is 45.5 Å². The van der Waals surface area contributed by atoms with Gasteiger partial charge >= 0.3 is 185 Å². The minimum atomic E-state index is -1.09. The number of aromatic nitrogens is 4. The Bertz CT molecular complexity index is 1220. The van der Waals surface area contributed by atoms with Gasteiger partial charge in [-0.3, -0.25) is 0 Å². The third-order valence-electron chi connectivity index (χ3n) is 4.54. The second-order valence-electron chi connectivity index (χ2n) is 7.24. The van der Waals surface area contributed by atoms with Gasteiger partial charge in [0, 0.05) is 0 Å². The number of nitrogens with zero attached hydrogens (tertiary/aromatic N) is 6. The third kappa shape index (κ3) is 4.52. The average molecular weight is 480 g/mol. The summed E-state index contributed by atoms with van der Waals surface area (Å²) in [5, 5.41) is 29.6. The third-order valence-corrected chi connectivity index (χ3v) is 6.99. The van der Waals surface area contributed by atoms with Gasteiger partial charge in [-0.2, -0.15) is 0 Å². The van der Waals surface area contributed by atoms with E-state index in [9.17, 15) is 4.79 Å². The Hall–Kier alpha value is -3.44. The van der Waals surface area contributed by atoms with Gasteiger partial charge in [0.05, 0.1) is 0 Å². The molecule has 0 bridgehead atoms. The number of hydrogen-bond acceptors (Lipinski definition) is 7. The van der Waals surface area contributed by atoms with Crippen LogP contribution in [0.25, 0.3) is 16.9 Å². The summed E-state index contributed by atoms with van der Waals surface area (Å²) in [6, 6.07) is 5.84. The van der Waals surface area contributed by atoms with Crippen LogP contribution >= 0.6 is 0 Å². The number of pyridine rings is 2. The van der Waals surface area contributed by atoms with Crippen LogP contribution in [0.5, 0.6) is 0 Å². The van der Waals surface area contributed by atoms with Crippen LogP contribution in [0.4, 0.5) is 4.79 Å². The molecule has 1 aliphatic heterocycles. The van der Waals surface area contributed by atoms with E-state index in [0.29, 0.717) is 28.2 Å². The number of carbonyl (C=O) groups is 1. The van der Waals surface area contributed by atoms with E-state index in [4.69, 9.17) is 15.2 Å². The normalized spacial score (nSPS) is 15.9. The molecule has 11 heteroatoms. The maximum absolute atomic E-state index is 10.7. The monoisotopic (exact) mass is 480 g/mol. The topological polar surface area (TPSA) is 138 Å². The molecule has 4 rings (SSSR count). The number of hydrogen-bond donors (Lipinski definition) is 2. The van der Waals surface area contributed by atoms with E-state index >= 15 is 0 Å². The Morgan fingerprint density at radius 3 is 2.97 bits per heavy atom. The molecule has 1 atom stereocenters. The number of carboxylic acid groups (broad SMARTS) is 1. The molecule has 1 radical (unpaired) electrons. The molecule has 0 aromatic carbocycles. The summed E-state index contributed by atoms with van der Waals surface area (Å²) in [6.07, 6.45) is 4.05. The maximum atomic E-state index is 10.7. The van der Waals surface area contributed by atoms with Crippen molar-refractivity contribution in [2.75, 3.05) is 6.54 Å². The van der Waals surface area contributed by atoms with E-state index in [1.807, 2.05) is 6.07 Å². The zero-order valence-electron chi connectivity index (χ0n) is 16.8. The molecule has 157 valence electrons. The molecule has 2 N–H and O–H groups in total. The van der Waals surface area contributed by atoms with Crippen LogP contribution in [0.2, 0.25) is 4.71 Å². The first-order chi connectivity index (χ1) is 14.9. The Morgan fingerprint density at radius 2 is 2.23 bits per heavy atom. The quantitative estimate of drug-likeness (QED) is 0.511. The summed E-state index contributed by atoms with van der Waals surface area (Å²) < 4.78 is 3.30. The summed E-state index contributed by atoms with van der Waals surface area (Å²) in [7, 11) is 0. The molecule has 1 aliphatic rings. The number of nitrogens with one attached hydrogen (secondary N) is 1. The van der Waals surface area contributed by atoms with Crippen molar-refractivity contribution in [2.45, 2.75) is 31.1 Å². The van der Waals surface area contributed by atoms with E-state index in [1.165, 1.54) is 6.20 Å². The van der Waals surface area contributed by atoms with Crippen LogP contribution in [0, 0.1) is 11.3 Å². The number of rotatable bonds is 6. The van der Waals surface area contributed by atoms with E-state index < -0.39 is 6.09 Å². The fourth-order valence-corrected chi connectivity index (χ4v) is 5.45. The zero-order chi connectivity index (χ0) is 22.0. The van der Waals surface area contributed by atoms with Crippen LogP contribution in [0.3, 0.4) is 0 Å². The molecule has 0 aliphatic carbocycles. The van der Waals surface area contributed by atoms with Gasteiger partial charge in [0.15, 0.2) is 0 Å². The minimum absolute atomic E-state index is 0.174. The van der Waals surface area contributed by atoms with Crippen molar-refractivity contribution in [2.24, 2.45) is 5.16 Å². The van der Waals surface area contributed by atoms with Crippen LogP contribution in [0.1, 0.15) is 31.4 Å². The Labute approximate surface area is 184 Å². The molecule has 4 heterocycles. The molecule has 0 saturated carbocycles. The molecule has 1 amide bonds. The molecule has 3 aromatic heterocycles. The molecule has 10 nitrogen and oxygen atoms in total. The van der Waals surface area contributed by atoms with Crippen molar-refractivity contribution in [3.8, 4) is 11.9 Å². The van der Waals surface area contributed by atoms with Crippen LogP contribution < -0.4 is 9.67 Å². The first-order valence-corrected chi connectivity index (χ1v) is 11.6. The number of fused-ring (bicyclic) bond motifs is 1. The van der Waals surface area contributed by atoms with Crippen molar-refractivity contribution >= 4 is 42.9 Å². The molecule has 0 saturated heterocycles. The van der Waals surface area contributed by atoms with Gasteiger partial charge in [-0.05, 0) is 0 Å². The van der Waals surface area contributed by atoms with Crippen molar-refractivity contribution in [3.63, 3.8) is 0 Å². The molecule has 0 spiro atoms. The summed E-state index contributed by atoms with van der Waals surface area (Å²) in [4.78, 5) is 25.1. The first-order valence-electron chi connectivity index (χ1n) is 9.59. The van der Waals surface area contributed by atoms with Gasteiger partial charge in [-0.25, -0.2) is 0 Å². The molecule has 1 unspecified atom stereocenters. The van der Waals surface area contributed by atoms with Crippen molar-refractivity contribution < 1.29 is 14.7 Å². The summed E-state index contributed by atoms with van der Waals surface area (Å²) >= 11 is -0.174. The Balaban J connectivity index is 1.66. The van der Waals surface area contributed by atoms with Gasteiger partial charge < -0.3 is 0 Å². The summed E-state index contributed by atoms with van der Waals surface area (Å²) in [5.74, 6) is 0.644. The Kier molecular flexibility index (Phi) is 5.87. The van der Waals surface area contributed by atoms with Crippen LogP contribution in [-0.2, 0) is 4.84 Å². The van der Waals surface area contributed by atoms with Gasteiger partial charge in [-0.15, -0.1) is 0 Å². The van der Waals surface area contributed by atoms with Crippen molar-refractivity contribution in [3.05, 3.63) is 41.9 Å². The van der Waals surface area contributed by atoms with E-state index in [1.54, 1.807) is 23.1 Å². The second kappa shape index (κ2) is 8.74. The van der Waals surface area contributed by atoms with Gasteiger partial charge in [0.2, 0.25) is 0 Å². The second-order valence-corrected chi connectivity index (χ2v) is 11.0. The first kappa shape index (κ1) is 20.8. The van der Waals surface area contributed by atoms with E-state index in [-0.39, 0.29) is 28.4 Å². The fraction of sp³-hybridized carbons (Fsp3) is 0.300. The van der Waals surface area contributed by atoms with Crippen molar-refractivity contribution in [1.29, 1.82) is 5.26 Å². The predicted octanol–water partition coefficient (Wildman–Crippen LogP) is 1.61. The van der Waals surface area contributed by atoms with Crippen LogP contribution in [0.15, 0.2) is 35.9 Å². The number of nitriles is 1. The molecular formula is C20H19AsN7O3. The fourth-order valence-electron chi connectivity index (χ4n) is 3.21. The number of oxime groups is 1. The average Bonchev–Trinajstić information content (AvgIpc) is 3.38. The van der Waals surface area contributed by atoms with Gasteiger partial charge in [0.25, 0.3) is 0 Å². The molecular weight excluding hydrogens is 461 g/mol. The van der Waals surface area contributed by atoms with Crippen molar-refractivity contribution in [1.82, 2.24) is 25.1 Å². The zero-order valence-corrected chi connectivity index (χ0v) is 18.7. The Morgan fingerprint density at radius 1 is 1.39 bits per heavy atom. The molecule has 0 fully saturated rings. The van der Waals surface area contributed by atoms with Gasteiger partial charge in [0.1, 0.15) is 0 Å². The molecule has 31 heavy (non-hydrogen) atoms. The van der Waals surface area contributed by atoms with E-state index in [0.717, 1.165) is 21.0 Å². The summed E-state index contributed by atoms with van der Waals surface area (Å²) in [5.41, 5.74) is 2.80. The van der Waals surface area contributed by atoms with Crippen LogP contribution in [-0.4, -0.2) is 65.1 Å². The predicted molar refractivity (Wildman–Crippen MR) is 114 cm³/mol. The number of amides is 1. The standard InChI is InChI=1S/C20H19AsN7O3/c1-11(2)21-16-5-18(28-19-13(8-26-28)3-12(6-22)7-24-19)23-10-15(16)17-4-14(31-27-17)9-25-20(29)30/h3,5,7-8,10-11,14,25H,4,9H2,1-2H3,(H,29,30). The van der Waals surface area contributed by atoms with Gasteiger partial charge in [-0.1, -0.05) is 0 Å². The SMILES string of the molecule is CC(C)[As]c1cc(-n2ncc3cc(C#N)cnc32)ncc1C1=NOC(CNC(=O)O)C1. The molecule has 3 aromatic rings. The summed E-state index contributed by atoms with van der Waals surface area (Å²) in [6.45, 7) is 4.52.